The SMILES string of the molecule is Cc1cc(Nc2ccc(F)cc2)cc([C@H]2CCN(S(=O)(=O)N3CCCC3)C2)n1. The summed E-state index contributed by atoms with van der Waals surface area (Å²) in [4.78, 5) is 4.65. The van der Waals surface area contributed by atoms with Crippen LogP contribution >= 0.6 is 0 Å². The van der Waals surface area contributed by atoms with Gasteiger partial charge in [0.2, 0.25) is 0 Å². The number of pyridine rings is 1. The molecule has 0 radical (unpaired) electrons. The van der Waals surface area contributed by atoms with Crippen LogP contribution in [-0.2, 0) is 10.2 Å². The fraction of sp³-hybridized carbons (Fsp3) is 0.450. The molecule has 2 aliphatic heterocycles. The Labute approximate surface area is 165 Å². The number of hydrogen-bond donors (Lipinski definition) is 1. The number of halogens is 1. The average Bonchev–Trinajstić information content (AvgIpc) is 3.36. The van der Waals surface area contributed by atoms with Crippen molar-refractivity contribution in [3.63, 3.8) is 0 Å². The van der Waals surface area contributed by atoms with E-state index in [0.29, 0.717) is 26.2 Å². The zero-order valence-electron chi connectivity index (χ0n) is 15.9. The summed E-state index contributed by atoms with van der Waals surface area (Å²) in [6, 6.07) is 10.1. The second-order valence-corrected chi connectivity index (χ2v) is 9.44. The molecule has 150 valence electrons. The van der Waals surface area contributed by atoms with Crippen LogP contribution in [0.2, 0.25) is 0 Å². The number of rotatable bonds is 5. The van der Waals surface area contributed by atoms with Gasteiger partial charge in [-0.25, -0.2) is 4.39 Å². The number of benzene rings is 1. The molecule has 6 nitrogen and oxygen atoms in total. The summed E-state index contributed by atoms with van der Waals surface area (Å²) in [6.07, 6.45) is 2.64. The summed E-state index contributed by atoms with van der Waals surface area (Å²) >= 11 is 0. The van der Waals surface area contributed by atoms with Gasteiger partial charge in [0.25, 0.3) is 10.2 Å². The van der Waals surface area contributed by atoms with E-state index in [9.17, 15) is 12.8 Å². The number of aryl methyl sites for hydroxylation is 1. The Hall–Kier alpha value is -2.03. The molecule has 28 heavy (non-hydrogen) atoms. The molecular formula is C20H25FN4O2S. The summed E-state index contributed by atoms with van der Waals surface area (Å²) in [6.45, 7) is 4.16. The van der Waals surface area contributed by atoms with E-state index in [2.05, 4.69) is 10.3 Å². The molecular weight excluding hydrogens is 379 g/mol. The van der Waals surface area contributed by atoms with E-state index >= 15 is 0 Å². The smallest absolute Gasteiger partial charge is 0.281 e. The first-order valence-electron chi connectivity index (χ1n) is 9.68. The highest BCUT2D eigenvalue weighted by molar-refractivity contribution is 7.86. The van der Waals surface area contributed by atoms with Gasteiger partial charge in [-0.05, 0) is 62.6 Å². The molecule has 0 amide bonds. The first-order valence-corrected chi connectivity index (χ1v) is 11.1. The maximum Gasteiger partial charge on any atom is 0.281 e. The highest BCUT2D eigenvalue weighted by Gasteiger charge is 2.37. The Morgan fingerprint density at radius 2 is 1.75 bits per heavy atom. The largest absolute Gasteiger partial charge is 0.355 e. The molecule has 1 N–H and O–H groups in total. The molecule has 0 saturated carbocycles. The maximum atomic E-state index is 13.1. The third kappa shape index (κ3) is 4.04. The summed E-state index contributed by atoms with van der Waals surface area (Å²) in [5.74, 6) is -0.201. The Morgan fingerprint density at radius 1 is 1.04 bits per heavy atom. The normalized spacial score (nSPS) is 21.3. The lowest BCUT2D eigenvalue weighted by atomic mass is 10.0. The zero-order valence-corrected chi connectivity index (χ0v) is 16.8. The summed E-state index contributed by atoms with van der Waals surface area (Å²) < 4.78 is 41.9. The predicted molar refractivity (Wildman–Crippen MR) is 107 cm³/mol. The lowest BCUT2D eigenvalue weighted by Crippen LogP contribution is -2.41. The van der Waals surface area contributed by atoms with Crippen LogP contribution in [-0.4, -0.2) is 48.2 Å². The van der Waals surface area contributed by atoms with Crippen molar-refractivity contribution in [2.24, 2.45) is 0 Å². The second kappa shape index (κ2) is 7.77. The molecule has 4 rings (SSSR count). The minimum absolute atomic E-state index is 0.0750. The van der Waals surface area contributed by atoms with Crippen LogP contribution in [0, 0.1) is 12.7 Å². The first kappa shape index (κ1) is 19.3. The van der Waals surface area contributed by atoms with Crippen molar-refractivity contribution in [2.75, 3.05) is 31.5 Å². The van der Waals surface area contributed by atoms with Gasteiger partial charge in [-0.3, -0.25) is 4.98 Å². The highest BCUT2D eigenvalue weighted by Crippen LogP contribution is 2.31. The minimum Gasteiger partial charge on any atom is -0.355 e. The monoisotopic (exact) mass is 404 g/mol. The van der Waals surface area contributed by atoms with Crippen molar-refractivity contribution in [1.29, 1.82) is 0 Å². The van der Waals surface area contributed by atoms with Gasteiger partial charge < -0.3 is 5.32 Å². The number of hydrogen-bond acceptors (Lipinski definition) is 4. The summed E-state index contributed by atoms with van der Waals surface area (Å²) in [5.41, 5.74) is 3.42. The Balaban J connectivity index is 1.50. The lowest BCUT2D eigenvalue weighted by molar-refractivity contribution is 0.395. The molecule has 2 saturated heterocycles. The van der Waals surface area contributed by atoms with Crippen molar-refractivity contribution >= 4 is 21.6 Å². The van der Waals surface area contributed by atoms with E-state index < -0.39 is 10.2 Å². The van der Waals surface area contributed by atoms with Gasteiger partial charge in [0.15, 0.2) is 0 Å². The van der Waals surface area contributed by atoms with Gasteiger partial charge in [-0.1, -0.05) is 0 Å². The standard InChI is InChI=1S/C20H25FN4O2S/c1-15-12-19(23-18-6-4-17(21)5-7-18)13-20(22-15)16-8-11-25(14-16)28(26,27)24-9-2-3-10-24/h4-7,12-13,16H,2-3,8-11,14H2,1H3,(H,22,23)/t16-/m0/s1. The molecule has 0 unspecified atom stereocenters. The number of nitrogens with one attached hydrogen (secondary N) is 1. The van der Waals surface area contributed by atoms with Gasteiger partial charge in [0.05, 0.1) is 0 Å². The van der Waals surface area contributed by atoms with E-state index in [1.807, 2.05) is 19.1 Å². The van der Waals surface area contributed by atoms with Gasteiger partial charge in [-0.2, -0.15) is 17.0 Å². The molecule has 1 aromatic heterocycles. The van der Waals surface area contributed by atoms with E-state index in [-0.39, 0.29) is 11.7 Å². The average molecular weight is 405 g/mol. The molecule has 0 spiro atoms. The van der Waals surface area contributed by atoms with Crippen molar-refractivity contribution in [2.45, 2.75) is 32.1 Å². The molecule has 2 aromatic rings. The first-order chi connectivity index (χ1) is 13.4. The van der Waals surface area contributed by atoms with Crippen molar-refractivity contribution in [1.82, 2.24) is 13.6 Å². The minimum atomic E-state index is -3.36. The van der Waals surface area contributed by atoms with Crippen LogP contribution in [0.1, 0.15) is 36.6 Å². The van der Waals surface area contributed by atoms with Crippen molar-refractivity contribution in [3.05, 3.63) is 53.6 Å². The quantitative estimate of drug-likeness (QED) is 0.830. The predicted octanol–water partition coefficient (Wildman–Crippen LogP) is 3.40. The third-order valence-corrected chi connectivity index (χ3v) is 7.39. The highest BCUT2D eigenvalue weighted by atomic mass is 32.2. The summed E-state index contributed by atoms with van der Waals surface area (Å²) in [7, 11) is -3.36. The molecule has 1 aromatic carbocycles. The van der Waals surface area contributed by atoms with Crippen LogP contribution in [0.4, 0.5) is 15.8 Å². The van der Waals surface area contributed by atoms with Crippen LogP contribution in [0.5, 0.6) is 0 Å². The van der Waals surface area contributed by atoms with Crippen molar-refractivity contribution in [3.8, 4) is 0 Å². The third-order valence-electron chi connectivity index (χ3n) is 5.39. The Kier molecular flexibility index (Phi) is 5.35. The molecule has 3 heterocycles. The lowest BCUT2D eigenvalue weighted by Gasteiger charge is -2.23. The van der Waals surface area contributed by atoms with Gasteiger partial charge in [0, 0.05) is 54.9 Å². The fourth-order valence-electron chi connectivity index (χ4n) is 3.94. The molecule has 0 aliphatic carbocycles. The molecule has 8 heteroatoms. The van der Waals surface area contributed by atoms with Crippen molar-refractivity contribution < 1.29 is 12.8 Å². The van der Waals surface area contributed by atoms with E-state index in [1.54, 1.807) is 20.7 Å². The molecule has 0 bridgehead atoms. The van der Waals surface area contributed by atoms with Gasteiger partial charge >= 0.3 is 0 Å². The molecule has 2 aliphatic rings. The second-order valence-electron chi connectivity index (χ2n) is 7.51. The van der Waals surface area contributed by atoms with E-state index in [4.69, 9.17) is 0 Å². The number of nitrogens with zero attached hydrogens (tertiary/aromatic N) is 3. The fourth-order valence-corrected chi connectivity index (χ4v) is 5.69. The van der Waals surface area contributed by atoms with Crippen LogP contribution < -0.4 is 5.32 Å². The van der Waals surface area contributed by atoms with Crippen LogP contribution in [0.25, 0.3) is 0 Å². The Morgan fingerprint density at radius 3 is 2.46 bits per heavy atom. The summed E-state index contributed by atoms with van der Waals surface area (Å²) in [5, 5.41) is 3.28. The number of anilines is 2. The molecule has 1 atom stereocenters. The Bertz CT molecular complexity index is 943. The van der Waals surface area contributed by atoms with Crippen LogP contribution in [0.3, 0.4) is 0 Å². The van der Waals surface area contributed by atoms with Crippen LogP contribution in [0.15, 0.2) is 36.4 Å². The maximum absolute atomic E-state index is 13.1. The van der Waals surface area contributed by atoms with Gasteiger partial charge in [-0.15, -0.1) is 0 Å². The van der Waals surface area contributed by atoms with Gasteiger partial charge in [0.1, 0.15) is 5.82 Å². The zero-order chi connectivity index (χ0) is 19.7. The number of aromatic nitrogens is 1. The molecule has 2 fully saturated rings. The van der Waals surface area contributed by atoms with E-state index in [0.717, 1.165) is 42.0 Å². The topological polar surface area (TPSA) is 65.5 Å². The van der Waals surface area contributed by atoms with E-state index in [1.165, 1.54) is 12.1 Å².